The van der Waals surface area contributed by atoms with E-state index in [2.05, 4.69) is 17.4 Å². The Kier molecular flexibility index (Phi) is 6.17. The van der Waals surface area contributed by atoms with Crippen LogP contribution in [0.15, 0.2) is 54.6 Å². The normalized spacial score (nSPS) is 15.6. The zero-order valence-corrected chi connectivity index (χ0v) is 16.0. The molecule has 0 saturated heterocycles. The lowest BCUT2D eigenvalue weighted by molar-refractivity contribution is -0.116. The van der Waals surface area contributed by atoms with Crippen LogP contribution in [0.2, 0.25) is 0 Å². The molecular weight excluding hydrogens is 338 g/mol. The fraction of sp³-hybridized carbons (Fsp3) is 0.348. The molecule has 0 aromatic heterocycles. The van der Waals surface area contributed by atoms with Crippen molar-refractivity contribution in [1.82, 2.24) is 5.32 Å². The Morgan fingerprint density at radius 2 is 1.74 bits per heavy atom. The molecule has 0 bridgehead atoms. The quantitative estimate of drug-likeness (QED) is 0.742. The molecule has 1 fully saturated rings. The molecule has 1 saturated carbocycles. The van der Waals surface area contributed by atoms with Gasteiger partial charge in [-0.1, -0.05) is 49.2 Å². The number of benzene rings is 2. The monoisotopic (exact) mass is 365 g/mol. The summed E-state index contributed by atoms with van der Waals surface area (Å²) in [4.78, 5) is 12.3. The second kappa shape index (κ2) is 8.76. The first kappa shape index (κ1) is 19.0. The highest BCUT2D eigenvalue weighted by Crippen LogP contribution is 2.43. The predicted molar refractivity (Wildman–Crippen MR) is 108 cm³/mol. The summed E-state index contributed by atoms with van der Waals surface area (Å²) in [6.07, 6.45) is 7.91. The van der Waals surface area contributed by atoms with Crippen LogP contribution in [0.5, 0.6) is 11.5 Å². The highest BCUT2D eigenvalue weighted by Gasteiger charge is 2.36. The summed E-state index contributed by atoms with van der Waals surface area (Å²) in [5, 5.41) is 3.10. The molecule has 0 atom stereocenters. The van der Waals surface area contributed by atoms with Gasteiger partial charge in [0.1, 0.15) is 0 Å². The molecule has 0 heterocycles. The Labute approximate surface area is 161 Å². The second-order valence-electron chi connectivity index (χ2n) is 7.02. The second-order valence-corrected chi connectivity index (χ2v) is 7.02. The number of carbonyl (C=O) groups excluding carboxylic acids is 1. The van der Waals surface area contributed by atoms with Gasteiger partial charge in [0.05, 0.1) is 14.2 Å². The minimum Gasteiger partial charge on any atom is -0.493 e. The standard InChI is InChI=1S/C23H27NO3/c1-26-20-12-11-19(16-21(20)27-2)23(14-6-7-15-23)17-24-22(25)13-10-18-8-4-3-5-9-18/h3-5,8-13,16H,6-7,14-15,17H2,1-2H3,(H,24,25). The lowest BCUT2D eigenvalue weighted by Gasteiger charge is -2.30. The van der Waals surface area contributed by atoms with Gasteiger partial charge in [-0.25, -0.2) is 0 Å². The maximum Gasteiger partial charge on any atom is 0.244 e. The first-order valence-electron chi connectivity index (χ1n) is 9.40. The van der Waals surface area contributed by atoms with Crippen LogP contribution >= 0.6 is 0 Å². The molecule has 3 rings (SSSR count). The summed E-state index contributed by atoms with van der Waals surface area (Å²) in [6.45, 7) is 0.625. The van der Waals surface area contributed by atoms with E-state index < -0.39 is 0 Å². The molecule has 2 aromatic rings. The van der Waals surface area contributed by atoms with E-state index in [0.717, 1.165) is 29.9 Å². The Balaban J connectivity index is 1.72. The van der Waals surface area contributed by atoms with Gasteiger partial charge in [-0.2, -0.15) is 0 Å². The summed E-state index contributed by atoms with van der Waals surface area (Å²) in [7, 11) is 3.29. The van der Waals surface area contributed by atoms with Crippen LogP contribution in [0.25, 0.3) is 6.08 Å². The first-order valence-corrected chi connectivity index (χ1v) is 9.40. The Bertz CT molecular complexity index is 793. The summed E-state index contributed by atoms with van der Waals surface area (Å²) >= 11 is 0. The fourth-order valence-electron chi connectivity index (χ4n) is 3.84. The molecule has 0 unspecified atom stereocenters. The minimum absolute atomic E-state index is 0.0458. The molecule has 0 spiro atoms. The average Bonchev–Trinajstić information content (AvgIpc) is 3.21. The van der Waals surface area contributed by atoms with E-state index in [4.69, 9.17) is 9.47 Å². The number of rotatable bonds is 7. The maximum absolute atomic E-state index is 12.3. The van der Waals surface area contributed by atoms with Gasteiger partial charge in [-0.15, -0.1) is 0 Å². The van der Waals surface area contributed by atoms with E-state index in [1.807, 2.05) is 42.5 Å². The van der Waals surface area contributed by atoms with Crippen LogP contribution < -0.4 is 14.8 Å². The van der Waals surface area contributed by atoms with Crippen molar-refractivity contribution in [3.8, 4) is 11.5 Å². The van der Waals surface area contributed by atoms with Gasteiger partial charge in [-0.3, -0.25) is 4.79 Å². The van der Waals surface area contributed by atoms with Crippen LogP contribution in [0, 0.1) is 0 Å². The molecule has 1 amide bonds. The molecule has 1 aliphatic rings. The van der Waals surface area contributed by atoms with E-state index in [9.17, 15) is 4.79 Å². The van der Waals surface area contributed by atoms with E-state index >= 15 is 0 Å². The summed E-state index contributed by atoms with van der Waals surface area (Å²) in [6, 6.07) is 15.9. The fourth-order valence-corrected chi connectivity index (χ4v) is 3.84. The van der Waals surface area contributed by atoms with Crippen molar-refractivity contribution in [2.45, 2.75) is 31.1 Å². The number of hydrogen-bond acceptors (Lipinski definition) is 3. The maximum atomic E-state index is 12.3. The smallest absolute Gasteiger partial charge is 0.244 e. The van der Waals surface area contributed by atoms with Crippen LogP contribution in [-0.4, -0.2) is 26.7 Å². The van der Waals surface area contributed by atoms with Gasteiger partial charge >= 0.3 is 0 Å². The highest BCUT2D eigenvalue weighted by atomic mass is 16.5. The third kappa shape index (κ3) is 4.51. The minimum atomic E-state index is -0.0643. The van der Waals surface area contributed by atoms with Crippen molar-refractivity contribution in [3.05, 3.63) is 65.7 Å². The Morgan fingerprint density at radius 1 is 1.04 bits per heavy atom. The Hall–Kier alpha value is -2.75. The van der Waals surface area contributed by atoms with Crippen LogP contribution in [0.3, 0.4) is 0 Å². The highest BCUT2D eigenvalue weighted by molar-refractivity contribution is 5.91. The molecule has 0 radical (unpaired) electrons. The topological polar surface area (TPSA) is 47.6 Å². The van der Waals surface area contributed by atoms with E-state index in [1.54, 1.807) is 20.3 Å². The third-order valence-electron chi connectivity index (χ3n) is 5.38. The van der Waals surface area contributed by atoms with Crippen molar-refractivity contribution >= 4 is 12.0 Å². The first-order chi connectivity index (χ1) is 13.2. The van der Waals surface area contributed by atoms with E-state index in [-0.39, 0.29) is 11.3 Å². The SMILES string of the molecule is COc1ccc(C2(CNC(=O)C=Cc3ccccc3)CCCC2)cc1OC. The van der Waals surface area contributed by atoms with Crippen molar-refractivity contribution < 1.29 is 14.3 Å². The van der Waals surface area contributed by atoms with Gasteiger partial charge < -0.3 is 14.8 Å². The van der Waals surface area contributed by atoms with Gasteiger partial charge in [-0.05, 0) is 42.2 Å². The number of amides is 1. The number of nitrogens with one attached hydrogen (secondary N) is 1. The van der Waals surface area contributed by atoms with Crippen LogP contribution in [-0.2, 0) is 10.2 Å². The molecule has 4 nitrogen and oxygen atoms in total. The molecular formula is C23H27NO3. The average molecular weight is 365 g/mol. The molecule has 4 heteroatoms. The molecule has 0 aliphatic heterocycles. The molecule has 2 aromatic carbocycles. The number of methoxy groups -OCH3 is 2. The molecule has 1 N–H and O–H groups in total. The zero-order chi connectivity index (χ0) is 19.1. The lowest BCUT2D eigenvalue weighted by Crippen LogP contribution is -2.38. The molecule has 27 heavy (non-hydrogen) atoms. The van der Waals surface area contributed by atoms with E-state index in [0.29, 0.717) is 6.54 Å². The van der Waals surface area contributed by atoms with Crippen LogP contribution in [0.4, 0.5) is 0 Å². The number of hydrogen-bond donors (Lipinski definition) is 1. The summed E-state index contributed by atoms with van der Waals surface area (Å²) < 4.78 is 10.8. The zero-order valence-electron chi connectivity index (χ0n) is 16.0. The molecule has 142 valence electrons. The lowest BCUT2D eigenvalue weighted by atomic mass is 9.78. The molecule has 1 aliphatic carbocycles. The van der Waals surface area contributed by atoms with Gasteiger partial charge in [0.2, 0.25) is 5.91 Å². The van der Waals surface area contributed by atoms with Crippen molar-refractivity contribution in [2.75, 3.05) is 20.8 Å². The summed E-state index contributed by atoms with van der Waals surface area (Å²) in [5.41, 5.74) is 2.17. The van der Waals surface area contributed by atoms with Crippen molar-refractivity contribution in [2.24, 2.45) is 0 Å². The third-order valence-corrected chi connectivity index (χ3v) is 5.38. The van der Waals surface area contributed by atoms with Crippen molar-refractivity contribution in [1.29, 1.82) is 0 Å². The summed E-state index contributed by atoms with van der Waals surface area (Å²) in [5.74, 6) is 1.39. The van der Waals surface area contributed by atoms with Crippen molar-refractivity contribution in [3.63, 3.8) is 0 Å². The van der Waals surface area contributed by atoms with Gasteiger partial charge in [0.15, 0.2) is 11.5 Å². The van der Waals surface area contributed by atoms with Crippen LogP contribution in [0.1, 0.15) is 36.8 Å². The Morgan fingerprint density at radius 3 is 2.41 bits per heavy atom. The van der Waals surface area contributed by atoms with Gasteiger partial charge in [0.25, 0.3) is 0 Å². The predicted octanol–water partition coefficient (Wildman–Crippen LogP) is 4.35. The van der Waals surface area contributed by atoms with Gasteiger partial charge in [0, 0.05) is 18.0 Å². The van der Waals surface area contributed by atoms with E-state index in [1.165, 1.54) is 18.4 Å². The number of carbonyl (C=O) groups is 1. The largest absolute Gasteiger partial charge is 0.493 e. The number of ether oxygens (including phenoxy) is 2.